The van der Waals surface area contributed by atoms with Crippen LogP contribution in [-0.4, -0.2) is 37.9 Å². The molecule has 0 radical (unpaired) electrons. The van der Waals surface area contributed by atoms with Crippen molar-refractivity contribution in [2.45, 2.75) is 232 Å². The zero-order valence-electron chi connectivity index (χ0n) is 38.3. The zero-order valence-corrected chi connectivity index (χ0v) is 38.3. The lowest BCUT2D eigenvalue weighted by Crippen LogP contribution is -2.30. The van der Waals surface area contributed by atoms with Crippen molar-refractivity contribution in [1.29, 1.82) is 0 Å². The first-order valence-corrected chi connectivity index (χ1v) is 24.5. The van der Waals surface area contributed by atoms with Crippen molar-refractivity contribution in [3.8, 4) is 0 Å². The predicted octanol–water partition coefficient (Wildman–Crippen LogP) is 16.3. The Labute approximate surface area is 359 Å². The Morgan fingerprint density at radius 2 is 0.776 bits per heavy atom. The number of ether oxygens (including phenoxy) is 3. The average Bonchev–Trinajstić information content (AvgIpc) is 3.22. The Balaban J connectivity index is 4.23. The summed E-state index contributed by atoms with van der Waals surface area (Å²) in [5.41, 5.74) is 0. The van der Waals surface area contributed by atoms with Gasteiger partial charge in [-0.25, -0.2) is 0 Å². The van der Waals surface area contributed by atoms with Crippen LogP contribution in [0, 0.1) is 0 Å². The van der Waals surface area contributed by atoms with E-state index >= 15 is 0 Å². The van der Waals surface area contributed by atoms with Crippen molar-refractivity contribution >= 4 is 11.9 Å². The molecule has 0 saturated heterocycles. The number of unbranched alkanes of at least 4 members (excludes halogenated alkanes) is 21. The van der Waals surface area contributed by atoms with Gasteiger partial charge in [0.25, 0.3) is 0 Å². The molecule has 5 heteroatoms. The number of allylic oxidation sites excluding steroid dienone is 12. The van der Waals surface area contributed by atoms with Gasteiger partial charge in [-0.1, -0.05) is 196 Å². The standard InChI is InChI=1S/C53H92O5/c1-4-7-10-13-16-19-21-23-24-25-26-27-28-29-31-33-36-39-42-45-48-56-49-51(58-53(55)47-44-41-38-34-18-15-12-9-6-3)50-57-52(54)46-43-40-37-35-32-30-22-20-17-14-11-8-5-2/h8,11,16-17,19-20,23-24,26-27,30,32,51H,4-7,9-10,12-15,18,21-22,25,28-29,31,33-50H2,1-3H3/b11-8-,19-16-,20-17-,24-23-,27-26-,32-30-. The summed E-state index contributed by atoms with van der Waals surface area (Å²) >= 11 is 0. The first kappa shape index (κ1) is 55.3. The van der Waals surface area contributed by atoms with Crippen molar-refractivity contribution in [1.82, 2.24) is 0 Å². The number of hydrogen-bond acceptors (Lipinski definition) is 5. The Morgan fingerprint density at radius 1 is 0.397 bits per heavy atom. The predicted molar refractivity (Wildman–Crippen MR) is 251 cm³/mol. The summed E-state index contributed by atoms with van der Waals surface area (Å²) in [5.74, 6) is -0.439. The number of carbonyl (C=O) groups is 2. The fourth-order valence-electron chi connectivity index (χ4n) is 6.59. The maximum absolute atomic E-state index is 12.7. The molecule has 0 aliphatic carbocycles. The normalized spacial score (nSPS) is 12.8. The minimum absolute atomic E-state index is 0.0650. The van der Waals surface area contributed by atoms with E-state index < -0.39 is 6.10 Å². The molecule has 0 aliphatic heterocycles. The summed E-state index contributed by atoms with van der Waals surface area (Å²) in [5, 5.41) is 0. The lowest BCUT2D eigenvalue weighted by Gasteiger charge is -2.18. The quantitative estimate of drug-likeness (QED) is 0.0348. The molecular formula is C53H92O5. The van der Waals surface area contributed by atoms with Gasteiger partial charge in [-0.05, 0) is 89.9 Å². The maximum atomic E-state index is 12.7. The molecule has 0 saturated carbocycles. The van der Waals surface area contributed by atoms with Crippen LogP contribution in [0.15, 0.2) is 72.9 Å². The fraction of sp³-hybridized carbons (Fsp3) is 0.736. The lowest BCUT2D eigenvalue weighted by atomic mass is 10.1. The maximum Gasteiger partial charge on any atom is 0.306 e. The molecule has 0 rings (SSSR count). The molecule has 5 nitrogen and oxygen atoms in total. The third-order valence-corrected chi connectivity index (χ3v) is 10.2. The summed E-state index contributed by atoms with van der Waals surface area (Å²) in [6, 6.07) is 0. The first-order chi connectivity index (χ1) is 28.6. The highest BCUT2D eigenvalue weighted by Crippen LogP contribution is 2.13. The molecule has 0 aromatic rings. The Bertz CT molecular complexity index is 1050. The molecular weight excluding hydrogens is 717 g/mol. The molecule has 0 bridgehead atoms. The Morgan fingerprint density at radius 3 is 1.29 bits per heavy atom. The van der Waals surface area contributed by atoms with Crippen LogP contribution in [0.2, 0.25) is 0 Å². The molecule has 0 amide bonds. The van der Waals surface area contributed by atoms with Gasteiger partial charge in [0.05, 0.1) is 6.61 Å². The monoisotopic (exact) mass is 809 g/mol. The second kappa shape index (κ2) is 48.7. The summed E-state index contributed by atoms with van der Waals surface area (Å²) in [6.45, 7) is 7.62. The van der Waals surface area contributed by atoms with E-state index in [1.54, 1.807) is 0 Å². The topological polar surface area (TPSA) is 61.8 Å². The van der Waals surface area contributed by atoms with Crippen molar-refractivity contribution in [3.05, 3.63) is 72.9 Å². The van der Waals surface area contributed by atoms with Gasteiger partial charge >= 0.3 is 11.9 Å². The van der Waals surface area contributed by atoms with Crippen molar-refractivity contribution in [2.24, 2.45) is 0 Å². The van der Waals surface area contributed by atoms with E-state index in [1.165, 1.54) is 109 Å². The van der Waals surface area contributed by atoms with Crippen LogP contribution in [0.1, 0.15) is 226 Å². The van der Waals surface area contributed by atoms with Crippen LogP contribution in [0.25, 0.3) is 0 Å². The van der Waals surface area contributed by atoms with E-state index in [0.29, 0.717) is 19.4 Å². The second-order valence-electron chi connectivity index (χ2n) is 16.0. The summed E-state index contributed by atoms with van der Waals surface area (Å²) in [4.78, 5) is 25.2. The summed E-state index contributed by atoms with van der Waals surface area (Å²) in [6.07, 6.45) is 62.0. The highest BCUT2D eigenvalue weighted by atomic mass is 16.6. The minimum Gasteiger partial charge on any atom is -0.462 e. The molecule has 1 atom stereocenters. The molecule has 334 valence electrons. The first-order valence-electron chi connectivity index (χ1n) is 24.5. The molecule has 0 N–H and O–H groups in total. The fourth-order valence-corrected chi connectivity index (χ4v) is 6.59. The summed E-state index contributed by atoms with van der Waals surface area (Å²) < 4.78 is 17.3. The molecule has 0 aromatic heterocycles. The van der Waals surface area contributed by atoms with Gasteiger partial charge in [0, 0.05) is 19.4 Å². The van der Waals surface area contributed by atoms with Crippen LogP contribution in [0.4, 0.5) is 0 Å². The number of rotatable bonds is 44. The van der Waals surface area contributed by atoms with Gasteiger partial charge in [0.2, 0.25) is 0 Å². The van der Waals surface area contributed by atoms with Gasteiger partial charge < -0.3 is 14.2 Å². The van der Waals surface area contributed by atoms with E-state index in [0.717, 1.165) is 83.5 Å². The number of hydrogen-bond donors (Lipinski definition) is 0. The van der Waals surface area contributed by atoms with Gasteiger partial charge in [-0.15, -0.1) is 0 Å². The van der Waals surface area contributed by atoms with E-state index in [2.05, 4.69) is 93.7 Å². The van der Waals surface area contributed by atoms with Crippen LogP contribution in [0.3, 0.4) is 0 Å². The third kappa shape index (κ3) is 46.0. The highest BCUT2D eigenvalue weighted by molar-refractivity contribution is 5.70. The van der Waals surface area contributed by atoms with Gasteiger partial charge in [-0.3, -0.25) is 9.59 Å². The average molecular weight is 809 g/mol. The van der Waals surface area contributed by atoms with Gasteiger partial charge in [-0.2, -0.15) is 0 Å². The van der Waals surface area contributed by atoms with E-state index in [-0.39, 0.29) is 25.2 Å². The van der Waals surface area contributed by atoms with Crippen molar-refractivity contribution < 1.29 is 23.8 Å². The number of esters is 2. The molecule has 58 heavy (non-hydrogen) atoms. The van der Waals surface area contributed by atoms with Gasteiger partial charge in [0.1, 0.15) is 6.61 Å². The molecule has 0 aromatic carbocycles. The molecule has 0 aliphatic rings. The molecule has 1 unspecified atom stereocenters. The van der Waals surface area contributed by atoms with Crippen LogP contribution < -0.4 is 0 Å². The highest BCUT2D eigenvalue weighted by Gasteiger charge is 2.17. The van der Waals surface area contributed by atoms with Crippen LogP contribution in [-0.2, 0) is 23.8 Å². The van der Waals surface area contributed by atoms with E-state index in [9.17, 15) is 9.59 Å². The second-order valence-corrected chi connectivity index (χ2v) is 16.0. The number of carbonyl (C=O) groups excluding carboxylic acids is 2. The smallest absolute Gasteiger partial charge is 0.306 e. The lowest BCUT2D eigenvalue weighted by molar-refractivity contribution is -0.163. The zero-order chi connectivity index (χ0) is 42.1. The van der Waals surface area contributed by atoms with Gasteiger partial charge in [0.15, 0.2) is 6.10 Å². The Kier molecular flexibility index (Phi) is 46.5. The third-order valence-electron chi connectivity index (χ3n) is 10.2. The largest absolute Gasteiger partial charge is 0.462 e. The van der Waals surface area contributed by atoms with Crippen molar-refractivity contribution in [3.63, 3.8) is 0 Å². The van der Waals surface area contributed by atoms with Crippen LogP contribution in [0.5, 0.6) is 0 Å². The van der Waals surface area contributed by atoms with E-state index in [1.807, 2.05) is 0 Å². The minimum atomic E-state index is -0.552. The molecule has 0 heterocycles. The van der Waals surface area contributed by atoms with Crippen LogP contribution >= 0.6 is 0 Å². The molecule has 0 spiro atoms. The Hall–Kier alpha value is -2.66. The van der Waals surface area contributed by atoms with E-state index in [4.69, 9.17) is 14.2 Å². The molecule has 0 fully saturated rings. The van der Waals surface area contributed by atoms with Crippen molar-refractivity contribution in [2.75, 3.05) is 19.8 Å². The summed E-state index contributed by atoms with van der Waals surface area (Å²) in [7, 11) is 0. The SMILES string of the molecule is CC/C=C\C/C=C\C/C=C\CCCCCC(=O)OCC(COCCCCCCCCC/C=C\C/C=C\C/C=C\CCCCC)OC(=O)CCCCCCCCCCC.